The second kappa shape index (κ2) is 9.94. The number of Topliss-reactive ketones (excluding diaryl/α,β-unsaturated/α-hetero) is 1. The van der Waals surface area contributed by atoms with Crippen LogP contribution in [-0.2, 0) is 23.9 Å². The van der Waals surface area contributed by atoms with Crippen molar-refractivity contribution >= 4 is 17.6 Å². The molecule has 6 bridgehead atoms. The Balaban J connectivity index is 1.35. The third kappa shape index (κ3) is 4.24. The first-order valence-electron chi connectivity index (χ1n) is 14.4. The van der Waals surface area contributed by atoms with Gasteiger partial charge in [-0.1, -0.05) is 19.1 Å². The predicted octanol–water partition coefficient (Wildman–Crippen LogP) is 2.85. The smallest absolute Gasteiger partial charge is 0.259 e. The molecule has 8 heteroatoms. The van der Waals surface area contributed by atoms with Crippen LogP contribution >= 0.6 is 0 Å². The normalized spacial score (nSPS) is 46.8. The number of aliphatic hydroxyl groups is 1. The van der Waals surface area contributed by atoms with Crippen LogP contribution in [-0.4, -0.2) is 60.7 Å². The van der Waals surface area contributed by atoms with E-state index in [0.717, 1.165) is 19.3 Å². The predicted molar refractivity (Wildman–Crippen MR) is 140 cm³/mol. The van der Waals surface area contributed by atoms with Gasteiger partial charge in [0, 0.05) is 13.7 Å². The fraction of sp³-hybridized carbons (Fsp3) is 0.700. The van der Waals surface area contributed by atoms with Gasteiger partial charge in [0.2, 0.25) is 5.91 Å². The first-order valence-corrected chi connectivity index (χ1v) is 14.4. The SMILES string of the molecule is CO[C@@H](C)[C@H]1[C@@H]2[C@H]3C[C@H]4/C=C/C(O)=C5C(=O)N[C@H](CCCNC(=O)/C=C\C[C@H]4[C@H]([C@H]3C[C@@H]1C)[C@H]1O[C@H]12)C5=O. The number of epoxide rings is 1. The Morgan fingerprint density at radius 3 is 2.63 bits per heavy atom. The lowest BCUT2D eigenvalue weighted by atomic mass is 9.45. The highest BCUT2D eigenvalue weighted by Gasteiger charge is 2.68. The third-order valence-electron chi connectivity index (χ3n) is 10.6. The molecule has 0 aromatic rings. The molecular weight excluding hydrogens is 484 g/mol. The molecule has 3 aliphatic carbocycles. The number of rotatable bonds is 2. The van der Waals surface area contributed by atoms with E-state index >= 15 is 0 Å². The largest absolute Gasteiger partial charge is 0.507 e. The minimum atomic E-state index is -0.666. The standard InChI is InChI=1S/C30H40N2O6/c1-14-12-18-19-13-16-9-10-21(33)26-27(35)20(32-30(26)36)7-5-11-31-22(34)8-4-6-17(16)24(18)28-29(38-28)25(19)23(14)15(2)37-3/h4,8-10,14-20,23-25,28-29,33H,5-7,11-13H2,1-3H3,(H,31,34)(H,32,36)/b8-4-,10-9+,26-21?/t14-,15-,16+,17+,18-,19-,20+,23-,24+,25-,28+,29-/m0/s1. The van der Waals surface area contributed by atoms with Crippen LogP contribution in [0.2, 0.25) is 0 Å². The van der Waals surface area contributed by atoms with E-state index in [9.17, 15) is 19.5 Å². The minimum Gasteiger partial charge on any atom is -0.507 e. The number of aliphatic hydroxyl groups excluding tert-OH is 1. The van der Waals surface area contributed by atoms with Gasteiger partial charge in [0.05, 0.1) is 24.4 Å². The zero-order valence-corrected chi connectivity index (χ0v) is 22.5. The highest BCUT2D eigenvalue weighted by atomic mass is 16.6. The highest BCUT2D eigenvalue weighted by Crippen LogP contribution is 2.66. The van der Waals surface area contributed by atoms with Crippen molar-refractivity contribution in [1.29, 1.82) is 0 Å². The van der Waals surface area contributed by atoms with Crippen molar-refractivity contribution in [2.75, 3.05) is 13.7 Å². The molecule has 38 heavy (non-hydrogen) atoms. The van der Waals surface area contributed by atoms with Crippen LogP contribution < -0.4 is 10.6 Å². The summed E-state index contributed by atoms with van der Waals surface area (Å²) >= 11 is 0. The Bertz CT molecular complexity index is 1100. The van der Waals surface area contributed by atoms with Crippen molar-refractivity contribution in [2.24, 2.45) is 47.3 Å². The third-order valence-corrected chi connectivity index (χ3v) is 10.6. The summed E-state index contributed by atoms with van der Waals surface area (Å²) in [5, 5.41) is 16.5. The Hall–Kier alpha value is -2.45. The van der Waals surface area contributed by atoms with Gasteiger partial charge in [-0.05, 0) is 98.5 Å². The molecule has 3 heterocycles. The van der Waals surface area contributed by atoms with Crippen LogP contribution in [0.3, 0.4) is 0 Å². The van der Waals surface area contributed by atoms with Gasteiger partial charge in [0.1, 0.15) is 11.3 Å². The average Bonchev–Trinajstić information content (AvgIpc) is 3.60. The molecule has 0 spiro atoms. The molecular formula is C30H40N2O6. The number of hydrogen-bond acceptors (Lipinski definition) is 6. The molecule has 5 fully saturated rings. The van der Waals surface area contributed by atoms with E-state index in [-0.39, 0.29) is 53.2 Å². The summed E-state index contributed by atoms with van der Waals surface area (Å²) in [5.74, 6) is 2.01. The van der Waals surface area contributed by atoms with Crippen molar-refractivity contribution in [3.8, 4) is 0 Å². The Labute approximate surface area is 224 Å². The zero-order valence-electron chi connectivity index (χ0n) is 22.5. The van der Waals surface area contributed by atoms with Gasteiger partial charge in [-0.3, -0.25) is 14.4 Å². The molecule has 6 aliphatic rings. The van der Waals surface area contributed by atoms with Gasteiger partial charge in [0.25, 0.3) is 5.91 Å². The first-order chi connectivity index (χ1) is 18.3. The maximum absolute atomic E-state index is 12.9. The zero-order chi connectivity index (χ0) is 26.7. The lowest BCUT2D eigenvalue weighted by molar-refractivity contribution is -0.118. The number of ketones is 1. The first kappa shape index (κ1) is 25.8. The highest BCUT2D eigenvalue weighted by molar-refractivity contribution is 6.27. The lowest BCUT2D eigenvalue weighted by Gasteiger charge is -2.58. The summed E-state index contributed by atoms with van der Waals surface area (Å²) in [6.07, 6.45) is 11.7. The molecule has 0 unspecified atom stereocenters. The molecule has 0 radical (unpaired) electrons. The van der Waals surface area contributed by atoms with Crippen molar-refractivity contribution in [1.82, 2.24) is 10.6 Å². The number of methoxy groups -OCH3 is 1. The maximum Gasteiger partial charge on any atom is 0.259 e. The van der Waals surface area contributed by atoms with Gasteiger partial charge in [0.15, 0.2) is 5.78 Å². The van der Waals surface area contributed by atoms with E-state index in [0.29, 0.717) is 54.9 Å². The Morgan fingerprint density at radius 1 is 1.08 bits per heavy atom. The van der Waals surface area contributed by atoms with Gasteiger partial charge in [-0.15, -0.1) is 0 Å². The van der Waals surface area contributed by atoms with Crippen LogP contribution in [0.5, 0.6) is 0 Å². The molecule has 6 rings (SSSR count). The molecule has 3 saturated carbocycles. The molecule has 2 amide bonds. The van der Waals surface area contributed by atoms with E-state index in [4.69, 9.17) is 9.47 Å². The minimum absolute atomic E-state index is 0.134. The number of fused-ring (bicyclic) bond motifs is 7. The number of carbonyl (C=O) groups excluding carboxylic acids is 3. The summed E-state index contributed by atoms with van der Waals surface area (Å²) in [4.78, 5) is 37.9. The molecule has 12 atom stereocenters. The fourth-order valence-corrected chi connectivity index (χ4v) is 9.00. The van der Waals surface area contributed by atoms with Crippen LogP contribution in [0, 0.1) is 47.3 Å². The van der Waals surface area contributed by atoms with Gasteiger partial charge < -0.3 is 25.2 Å². The second-order valence-electron chi connectivity index (χ2n) is 12.4. The van der Waals surface area contributed by atoms with Gasteiger partial charge >= 0.3 is 0 Å². The number of ether oxygens (including phenoxy) is 2. The number of allylic oxidation sites excluding steroid dienone is 3. The van der Waals surface area contributed by atoms with E-state index in [2.05, 4.69) is 24.5 Å². The van der Waals surface area contributed by atoms with E-state index in [1.54, 1.807) is 19.3 Å². The summed E-state index contributed by atoms with van der Waals surface area (Å²) in [6, 6.07) is -0.666. The molecule has 2 saturated heterocycles. The van der Waals surface area contributed by atoms with E-state index in [1.807, 2.05) is 12.2 Å². The maximum atomic E-state index is 12.9. The summed E-state index contributed by atoms with van der Waals surface area (Å²) < 4.78 is 12.3. The van der Waals surface area contributed by atoms with Gasteiger partial charge in [-0.2, -0.15) is 0 Å². The summed E-state index contributed by atoms with van der Waals surface area (Å²) in [6.45, 7) is 4.96. The topological polar surface area (TPSA) is 117 Å². The number of amides is 2. The van der Waals surface area contributed by atoms with Crippen LogP contribution in [0.4, 0.5) is 0 Å². The Morgan fingerprint density at radius 2 is 1.84 bits per heavy atom. The molecule has 3 aliphatic heterocycles. The molecule has 0 aromatic heterocycles. The van der Waals surface area contributed by atoms with Crippen molar-refractivity contribution in [3.05, 3.63) is 35.6 Å². The van der Waals surface area contributed by atoms with Crippen LogP contribution in [0.1, 0.15) is 46.0 Å². The lowest BCUT2D eigenvalue weighted by Crippen LogP contribution is -2.57. The second-order valence-corrected chi connectivity index (χ2v) is 12.4. The molecule has 3 N–H and O–H groups in total. The quantitative estimate of drug-likeness (QED) is 0.378. The molecule has 0 aromatic carbocycles. The fourth-order valence-electron chi connectivity index (χ4n) is 9.00. The van der Waals surface area contributed by atoms with Gasteiger partial charge in [-0.25, -0.2) is 0 Å². The van der Waals surface area contributed by atoms with E-state index in [1.165, 1.54) is 0 Å². The average molecular weight is 525 g/mol. The monoisotopic (exact) mass is 524 g/mol. The van der Waals surface area contributed by atoms with Crippen LogP contribution in [0.15, 0.2) is 35.6 Å². The summed E-state index contributed by atoms with van der Waals surface area (Å²) in [7, 11) is 1.80. The molecule has 206 valence electrons. The number of hydrogen-bond donors (Lipinski definition) is 3. The van der Waals surface area contributed by atoms with E-state index < -0.39 is 11.9 Å². The Kier molecular flexibility index (Phi) is 6.75. The number of nitrogens with one attached hydrogen (secondary N) is 2. The number of carbonyl (C=O) groups is 3. The van der Waals surface area contributed by atoms with Crippen molar-refractivity contribution in [3.63, 3.8) is 0 Å². The van der Waals surface area contributed by atoms with Crippen molar-refractivity contribution in [2.45, 2.75) is 70.3 Å². The summed E-state index contributed by atoms with van der Waals surface area (Å²) in [5.41, 5.74) is -0.153. The molecule has 8 nitrogen and oxygen atoms in total. The van der Waals surface area contributed by atoms with Crippen molar-refractivity contribution < 1.29 is 29.0 Å². The van der Waals surface area contributed by atoms with Crippen LogP contribution in [0.25, 0.3) is 0 Å².